The van der Waals surface area contributed by atoms with Crippen LogP contribution >= 0.6 is 0 Å². The molecule has 3 aliphatic heterocycles. The summed E-state index contributed by atoms with van der Waals surface area (Å²) in [6.07, 6.45) is 8.68. The van der Waals surface area contributed by atoms with Crippen molar-refractivity contribution in [3.05, 3.63) is 0 Å². The van der Waals surface area contributed by atoms with Crippen LogP contribution in [0.15, 0.2) is 0 Å². The third-order valence-electron chi connectivity index (χ3n) is 4.05. The molecule has 0 aromatic carbocycles. The first-order chi connectivity index (χ1) is 9.35. The van der Waals surface area contributed by atoms with Crippen LogP contribution in [-0.2, 0) is 13.6 Å². The maximum Gasteiger partial charge on any atom is 0.364 e. The molecule has 3 fully saturated rings. The fraction of sp³-hybridized carbons (Fsp3) is 1.00. The zero-order valence-electron chi connectivity index (χ0n) is 12.4. The first-order valence-corrected chi connectivity index (χ1v) is 10.2. The second-order valence-corrected chi connectivity index (χ2v) is 8.91. The molecule has 0 saturated carbocycles. The number of unbranched alkanes of at least 4 members (excludes halogenated alkanes) is 5. The van der Waals surface area contributed by atoms with Gasteiger partial charge in [0.2, 0.25) is 0 Å². The lowest BCUT2D eigenvalue weighted by atomic mass is 10.1. The molecular formula is C14H29NO3Si. The van der Waals surface area contributed by atoms with E-state index in [4.69, 9.17) is 13.6 Å². The highest BCUT2D eigenvalue weighted by atomic mass is 28.4. The first-order valence-electron chi connectivity index (χ1n) is 7.93. The van der Waals surface area contributed by atoms with E-state index < -0.39 is 8.56 Å². The second kappa shape index (κ2) is 8.37. The van der Waals surface area contributed by atoms with Crippen molar-refractivity contribution >= 4 is 8.56 Å². The van der Waals surface area contributed by atoms with Gasteiger partial charge >= 0.3 is 8.56 Å². The van der Waals surface area contributed by atoms with Crippen molar-refractivity contribution in [2.45, 2.75) is 51.5 Å². The Morgan fingerprint density at radius 3 is 2.37 bits per heavy atom. The molecule has 0 N–H and O–H groups in total. The second-order valence-electron chi connectivity index (χ2n) is 5.72. The summed E-state index contributed by atoms with van der Waals surface area (Å²) in [6.45, 7) is 6.66. The highest BCUT2D eigenvalue weighted by Crippen LogP contribution is 2.22. The lowest BCUT2D eigenvalue weighted by Crippen LogP contribution is -2.55. The van der Waals surface area contributed by atoms with E-state index in [1.807, 2.05) is 0 Å². The largest absolute Gasteiger partial charge is 0.392 e. The fourth-order valence-corrected chi connectivity index (χ4v) is 5.61. The molecule has 3 saturated heterocycles. The minimum atomic E-state index is -2.04. The Morgan fingerprint density at radius 1 is 0.947 bits per heavy atom. The van der Waals surface area contributed by atoms with Crippen molar-refractivity contribution in [1.29, 1.82) is 0 Å². The summed E-state index contributed by atoms with van der Waals surface area (Å²) in [5, 5.41) is 0. The summed E-state index contributed by atoms with van der Waals surface area (Å²) in [4.78, 5) is 2.27. The van der Waals surface area contributed by atoms with Gasteiger partial charge in [0.05, 0.1) is 13.0 Å². The number of ether oxygens (including phenoxy) is 1. The molecule has 112 valence electrons. The average molecular weight is 287 g/mol. The zero-order chi connectivity index (χ0) is 13.4. The molecule has 0 radical (unpaired) electrons. The predicted octanol–water partition coefficient (Wildman–Crippen LogP) is 2.66. The fourth-order valence-electron chi connectivity index (χ4n) is 2.81. The zero-order valence-corrected chi connectivity index (χ0v) is 13.4. The van der Waals surface area contributed by atoms with Gasteiger partial charge in [-0.1, -0.05) is 45.4 Å². The molecule has 2 bridgehead atoms. The number of rotatable bonds is 7. The van der Waals surface area contributed by atoms with Crippen molar-refractivity contribution in [2.24, 2.45) is 0 Å². The van der Waals surface area contributed by atoms with Gasteiger partial charge in [-0.2, -0.15) is 0 Å². The van der Waals surface area contributed by atoms with Crippen molar-refractivity contribution in [3.63, 3.8) is 0 Å². The molecule has 0 aliphatic carbocycles. The lowest BCUT2D eigenvalue weighted by molar-refractivity contribution is -0.0313. The van der Waals surface area contributed by atoms with Crippen molar-refractivity contribution in [3.8, 4) is 0 Å². The van der Waals surface area contributed by atoms with E-state index in [0.717, 1.165) is 45.3 Å². The highest BCUT2D eigenvalue weighted by molar-refractivity contribution is 6.67. The van der Waals surface area contributed by atoms with Gasteiger partial charge in [0, 0.05) is 26.3 Å². The van der Waals surface area contributed by atoms with Crippen molar-refractivity contribution in [1.82, 2.24) is 4.90 Å². The molecule has 5 heteroatoms. The average Bonchev–Trinajstić information content (AvgIpc) is 2.34. The van der Waals surface area contributed by atoms with Crippen LogP contribution in [0.5, 0.6) is 0 Å². The Hall–Kier alpha value is 0.0569. The molecule has 0 spiro atoms. The van der Waals surface area contributed by atoms with E-state index in [2.05, 4.69) is 11.8 Å². The Balaban J connectivity index is 1.72. The van der Waals surface area contributed by atoms with Gasteiger partial charge in [-0.15, -0.1) is 0 Å². The summed E-state index contributed by atoms with van der Waals surface area (Å²) in [5.41, 5.74) is 0. The molecule has 0 unspecified atom stereocenters. The monoisotopic (exact) mass is 287 g/mol. The lowest BCUT2D eigenvalue weighted by Gasteiger charge is -2.38. The Labute approximate surface area is 118 Å². The van der Waals surface area contributed by atoms with Gasteiger partial charge in [0.1, 0.15) is 0 Å². The van der Waals surface area contributed by atoms with Crippen molar-refractivity contribution < 1.29 is 13.6 Å². The van der Waals surface area contributed by atoms with Crippen LogP contribution in [0.1, 0.15) is 45.4 Å². The topological polar surface area (TPSA) is 30.9 Å². The molecule has 3 aliphatic rings. The Morgan fingerprint density at radius 2 is 1.63 bits per heavy atom. The molecule has 0 aromatic heterocycles. The molecule has 3 rings (SSSR count). The molecule has 0 atom stereocenters. The van der Waals surface area contributed by atoms with Gasteiger partial charge in [-0.25, -0.2) is 0 Å². The summed E-state index contributed by atoms with van der Waals surface area (Å²) in [6, 6.07) is 1.11. The van der Waals surface area contributed by atoms with E-state index in [1.54, 1.807) is 0 Å². The first kappa shape index (κ1) is 15.4. The van der Waals surface area contributed by atoms with Crippen LogP contribution < -0.4 is 0 Å². The third kappa shape index (κ3) is 5.15. The van der Waals surface area contributed by atoms with E-state index in [1.165, 1.54) is 38.5 Å². The van der Waals surface area contributed by atoms with E-state index >= 15 is 0 Å². The third-order valence-corrected chi connectivity index (χ3v) is 7.27. The van der Waals surface area contributed by atoms with Crippen LogP contribution in [-0.4, -0.2) is 52.7 Å². The number of hydrogen-bond donors (Lipinski definition) is 0. The number of fused-ring (bicyclic) bond motifs is 6. The maximum absolute atomic E-state index is 6.12. The molecule has 0 amide bonds. The van der Waals surface area contributed by atoms with Crippen LogP contribution in [0.2, 0.25) is 6.04 Å². The van der Waals surface area contributed by atoms with E-state index in [0.29, 0.717) is 0 Å². The van der Waals surface area contributed by atoms with Crippen LogP contribution in [0, 0.1) is 0 Å². The van der Waals surface area contributed by atoms with Gasteiger partial charge < -0.3 is 13.6 Å². The van der Waals surface area contributed by atoms with Gasteiger partial charge in [0.15, 0.2) is 0 Å². The summed E-state index contributed by atoms with van der Waals surface area (Å²) in [5.74, 6) is 0. The normalized spacial score (nSPS) is 31.7. The molecule has 19 heavy (non-hydrogen) atoms. The smallest absolute Gasteiger partial charge is 0.364 e. The van der Waals surface area contributed by atoms with Crippen LogP contribution in [0.4, 0.5) is 0 Å². The summed E-state index contributed by atoms with van der Waals surface area (Å²) in [7, 11) is -2.04. The van der Waals surface area contributed by atoms with Crippen LogP contribution in [0.25, 0.3) is 0 Å². The molecule has 0 aromatic rings. The quantitative estimate of drug-likeness (QED) is 0.532. The highest BCUT2D eigenvalue weighted by Gasteiger charge is 2.40. The Bertz CT molecular complexity index is 226. The number of hydrogen-bond acceptors (Lipinski definition) is 4. The maximum atomic E-state index is 6.12. The molecule has 3 heterocycles. The van der Waals surface area contributed by atoms with Gasteiger partial charge in [-0.05, 0) is 6.04 Å². The van der Waals surface area contributed by atoms with Gasteiger partial charge in [0.25, 0.3) is 0 Å². The summed E-state index contributed by atoms with van der Waals surface area (Å²) >= 11 is 0. The number of nitrogens with zero attached hydrogens (tertiary/aromatic N) is 1. The molecular weight excluding hydrogens is 258 g/mol. The minimum Gasteiger partial charge on any atom is -0.392 e. The standard InChI is InChI=1S/C14H29NO3Si/c1-2-3-4-5-6-7-12-19-14-16-13-15(8-10-17-19)9-11-18-19/h2-14H2,1H3. The predicted molar refractivity (Wildman–Crippen MR) is 78.2 cm³/mol. The minimum absolute atomic E-state index is 0.721. The van der Waals surface area contributed by atoms with Crippen LogP contribution in [0.3, 0.4) is 0 Å². The summed E-state index contributed by atoms with van der Waals surface area (Å²) < 4.78 is 18.0. The van der Waals surface area contributed by atoms with E-state index in [9.17, 15) is 0 Å². The van der Waals surface area contributed by atoms with Gasteiger partial charge in [-0.3, -0.25) is 4.90 Å². The molecule has 4 nitrogen and oxygen atoms in total. The SMILES string of the molecule is CCCCCCCC[Si]12COCN(CCO1)CCO2. The van der Waals surface area contributed by atoms with E-state index in [-0.39, 0.29) is 0 Å². The Kier molecular flexibility index (Phi) is 6.80. The van der Waals surface area contributed by atoms with Crippen molar-refractivity contribution in [2.75, 3.05) is 39.3 Å².